The smallest absolute Gasteiger partial charge is 0.00232 e. The predicted octanol–water partition coefficient (Wildman–Crippen LogP) is 3.13. The number of allylic oxidation sites excluding steroid dienone is 1. The molecule has 0 bridgehead atoms. The lowest BCUT2D eigenvalue weighted by Gasteiger charge is -2.37. The highest BCUT2D eigenvalue weighted by Gasteiger charge is 2.32. The monoisotopic (exact) mass is 222 g/mol. The molecule has 0 heterocycles. The van der Waals surface area contributed by atoms with E-state index < -0.39 is 0 Å². The third-order valence-electron chi connectivity index (χ3n) is 2.11. The SMILES string of the molecule is C=C(I)C1(C)CCC1. The standard InChI is InChI=1S/C7H11I/c1-6(8)7(2)4-3-5-7/h1,3-5H2,2H3. The first-order chi connectivity index (χ1) is 3.65. The molecule has 0 aliphatic heterocycles. The summed E-state index contributed by atoms with van der Waals surface area (Å²) in [5.41, 5.74) is 0.514. The van der Waals surface area contributed by atoms with Crippen molar-refractivity contribution in [1.82, 2.24) is 0 Å². The summed E-state index contributed by atoms with van der Waals surface area (Å²) in [7, 11) is 0. The van der Waals surface area contributed by atoms with Gasteiger partial charge in [-0.05, 0) is 44.4 Å². The van der Waals surface area contributed by atoms with Gasteiger partial charge in [-0.2, -0.15) is 0 Å². The van der Waals surface area contributed by atoms with E-state index in [-0.39, 0.29) is 0 Å². The fourth-order valence-corrected chi connectivity index (χ4v) is 1.52. The van der Waals surface area contributed by atoms with Crippen LogP contribution in [-0.2, 0) is 0 Å². The zero-order valence-electron chi connectivity index (χ0n) is 5.21. The first-order valence-electron chi connectivity index (χ1n) is 3.00. The maximum absolute atomic E-state index is 3.94. The summed E-state index contributed by atoms with van der Waals surface area (Å²) < 4.78 is 1.33. The fraction of sp³-hybridized carbons (Fsp3) is 0.714. The van der Waals surface area contributed by atoms with Crippen molar-refractivity contribution in [3.8, 4) is 0 Å². The summed E-state index contributed by atoms with van der Waals surface area (Å²) in [6.45, 7) is 6.23. The van der Waals surface area contributed by atoms with Gasteiger partial charge < -0.3 is 0 Å². The maximum Gasteiger partial charge on any atom is -0.00232 e. The molecule has 0 unspecified atom stereocenters. The molecule has 0 saturated heterocycles. The minimum Gasteiger partial charge on any atom is -0.0892 e. The molecule has 1 heteroatoms. The molecule has 0 N–H and O–H groups in total. The van der Waals surface area contributed by atoms with E-state index in [1.54, 1.807) is 0 Å². The Labute approximate surface area is 64.5 Å². The summed E-state index contributed by atoms with van der Waals surface area (Å²) in [6, 6.07) is 0. The quantitative estimate of drug-likeness (QED) is 0.598. The summed E-state index contributed by atoms with van der Waals surface area (Å²) in [5.74, 6) is 0. The van der Waals surface area contributed by atoms with Crippen molar-refractivity contribution in [3.05, 3.63) is 10.2 Å². The van der Waals surface area contributed by atoms with Crippen LogP contribution in [0.15, 0.2) is 10.2 Å². The molecule has 0 aromatic rings. The second-order valence-corrected chi connectivity index (χ2v) is 4.12. The molecule has 1 aliphatic rings. The first kappa shape index (κ1) is 6.59. The van der Waals surface area contributed by atoms with E-state index in [1.807, 2.05) is 0 Å². The third kappa shape index (κ3) is 0.925. The number of hydrogen-bond acceptors (Lipinski definition) is 0. The van der Waals surface area contributed by atoms with Crippen LogP contribution in [0.3, 0.4) is 0 Å². The molecule has 1 fully saturated rings. The van der Waals surface area contributed by atoms with Gasteiger partial charge in [0.1, 0.15) is 0 Å². The Morgan fingerprint density at radius 3 is 2.12 bits per heavy atom. The number of rotatable bonds is 1. The average molecular weight is 222 g/mol. The van der Waals surface area contributed by atoms with Crippen LogP contribution < -0.4 is 0 Å². The zero-order valence-corrected chi connectivity index (χ0v) is 7.36. The van der Waals surface area contributed by atoms with Gasteiger partial charge in [0, 0.05) is 0 Å². The van der Waals surface area contributed by atoms with Crippen molar-refractivity contribution in [2.24, 2.45) is 5.41 Å². The highest BCUT2D eigenvalue weighted by atomic mass is 127. The molecule has 0 aromatic heterocycles. The van der Waals surface area contributed by atoms with Gasteiger partial charge in [-0.3, -0.25) is 0 Å². The minimum absolute atomic E-state index is 0.514. The summed E-state index contributed by atoms with van der Waals surface area (Å²) in [5, 5.41) is 0. The summed E-state index contributed by atoms with van der Waals surface area (Å²) >= 11 is 2.34. The number of halogens is 1. The Balaban J connectivity index is 2.53. The first-order valence-corrected chi connectivity index (χ1v) is 4.08. The van der Waals surface area contributed by atoms with Crippen molar-refractivity contribution < 1.29 is 0 Å². The fourth-order valence-electron chi connectivity index (χ4n) is 0.978. The van der Waals surface area contributed by atoms with Gasteiger partial charge in [-0.25, -0.2) is 0 Å². The van der Waals surface area contributed by atoms with Gasteiger partial charge in [-0.15, -0.1) is 0 Å². The zero-order chi connectivity index (χ0) is 6.20. The van der Waals surface area contributed by atoms with Gasteiger partial charge in [0.25, 0.3) is 0 Å². The molecule has 0 nitrogen and oxygen atoms in total. The highest BCUT2D eigenvalue weighted by Crippen LogP contribution is 2.48. The largest absolute Gasteiger partial charge is 0.0892 e. The lowest BCUT2D eigenvalue weighted by molar-refractivity contribution is 0.232. The lowest BCUT2D eigenvalue weighted by Crippen LogP contribution is -2.24. The molecule has 46 valence electrons. The third-order valence-corrected chi connectivity index (χ3v) is 3.41. The van der Waals surface area contributed by atoms with E-state index in [0.717, 1.165) is 0 Å². The highest BCUT2D eigenvalue weighted by molar-refractivity contribution is 14.1. The molecular weight excluding hydrogens is 211 g/mol. The summed E-state index contributed by atoms with van der Waals surface area (Å²) in [4.78, 5) is 0. The van der Waals surface area contributed by atoms with Crippen LogP contribution in [0.4, 0.5) is 0 Å². The maximum atomic E-state index is 3.94. The van der Waals surface area contributed by atoms with Crippen LogP contribution in [0.5, 0.6) is 0 Å². The summed E-state index contributed by atoms with van der Waals surface area (Å²) in [6.07, 6.45) is 4.11. The Morgan fingerprint density at radius 2 is 2.12 bits per heavy atom. The van der Waals surface area contributed by atoms with Crippen molar-refractivity contribution in [2.45, 2.75) is 26.2 Å². The van der Waals surface area contributed by atoms with Gasteiger partial charge in [0.05, 0.1) is 0 Å². The van der Waals surface area contributed by atoms with Gasteiger partial charge in [0.2, 0.25) is 0 Å². The molecule has 0 aromatic carbocycles. The van der Waals surface area contributed by atoms with E-state index in [4.69, 9.17) is 0 Å². The average Bonchev–Trinajstić information content (AvgIpc) is 1.60. The van der Waals surface area contributed by atoms with Crippen molar-refractivity contribution >= 4 is 22.6 Å². The number of hydrogen-bond donors (Lipinski definition) is 0. The Bertz CT molecular complexity index is 112. The Kier molecular flexibility index (Phi) is 1.66. The normalized spacial score (nSPS) is 24.2. The predicted molar refractivity (Wildman–Crippen MR) is 45.1 cm³/mol. The van der Waals surface area contributed by atoms with E-state index in [1.165, 1.54) is 22.8 Å². The lowest BCUT2D eigenvalue weighted by atomic mass is 9.71. The van der Waals surface area contributed by atoms with Crippen LogP contribution in [-0.4, -0.2) is 0 Å². The van der Waals surface area contributed by atoms with Crippen molar-refractivity contribution in [2.75, 3.05) is 0 Å². The molecule has 1 rings (SSSR count). The topological polar surface area (TPSA) is 0 Å². The van der Waals surface area contributed by atoms with Crippen molar-refractivity contribution in [3.63, 3.8) is 0 Å². The molecule has 0 atom stereocenters. The van der Waals surface area contributed by atoms with E-state index in [2.05, 4.69) is 36.1 Å². The van der Waals surface area contributed by atoms with Gasteiger partial charge in [-0.1, -0.05) is 19.9 Å². The van der Waals surface area contributed by atoms with E-state index in [9.17, 15) is 0 Å². The molecular formula is C7H11I. The molecule has 0 spiro atoms. The van der Waals surface area contributed by atoms with Crippen LogP contribution in [0.2, 0.25) is 0 Å². The van der Waals surface area contributed by atoms with E-state index >= 15 is 0 Å². The van der Waals surface area contributed by atoms with Crippen LogP contribution in [0, 0.1) is 5.41 Å². The minimum atomic E-state index is 0.514. The molecule has 1 saturated carbocycles. The van der Waals surface area contributed by atoms with E-state index in [0.29, 0.717) is 5.41 Å². The van der Waals surface area contributed by atoms with Gasteiger partial charge in [0.15, 0.2) is 0 Å². The molecule has 8 heavy (non-hydrogen) atoms. The second kappa shape index (κ2) is 2.01. The van der Waals surface area contributed by atoms with Crippen molar-refractivity contribution in [1.29, 1.82) is 0 Å². The van der Waals surface area contributed by atoms with Gasteiger partial charge >= 0.3 is 0 Å². The second-order valence-electron chi connectivity index (χ2n) is 2.82. The molecule has 0 radical (unpaired) electrons. The Morgan fingerprint density at radius 1 is 1.62 bits per heavy atom. The van der Waals surface area contributed by atoms with Crippen LogP contribution >= 0.6 is 22.6 Å². The molecule has 1 aliphatic carbocycles. The Hall–Kier alpha value is 0.470. The van der Waals surface area contributed by atoms with Crippen LogP contribution in [0.1, 0.15) is 26.2 Å². The molecule has 0 amide bonds. The van der Waals surface area contributed by atoms with Crippen LogP contribution in [0.25, 0.3) is 0 Å².